The third-order valence-corrected chi connectivity index (χ3v) is 1.77. The van der Waals surface area contributed by atoms with Gasteiger partial charge in [0.1, 0.15) is 0 Å². The van der Waals surface area contributed by atoms with E-state index >= 15 is 0 Å². The van der Waals surface area contributed by atoms with Crippen molar-refractivity contribution in [1.29, 1.82) is 0 Å². The Hall–Kier alpha value is -1.55. The zero-order valence-corrected chi connectivity index (χ0v) is 7.44. The molecule has 13 heavy (non-hydrogen) atoms. The molecule has 0 unspecified atom stereocenters. The van der Waals surface area contributed by atoms with Gasteiger partial charge in [0.05, 0.1) is 23.1 Å². The van der Waals surface area contributed by atoms with Crippen LogP contribution in [0.25, 0.3) is 5.82 Å². The fourth-order valence-corrected chi connectivity index (χ4v) is 1.08. The number of hydrogen-bond acceptors (Lipinski definition) is 3. The van der Waals surface area contributed by atoms with Crippen LogP contribution in [0.5, 0.6) is 0 Å². The molecule has 2 aromatic heterocycles. The largest absolute Gasteiger partial charge is 0.396 e. The van der Waals surface area contributed by atoms with Crippen LogP contribution in [0.4, 0.5) is 5.69 Å². The van der Waals surface area contributed by atoms with Gasteiger partial charge in [-0.3, -0.25) is 0 Å². The normalized spacial score (nSPS) is 10.2. The van der Waals surface area contributed by atoms with Gasteiger partial charge in [-0.15, -0.1) is 0 Å². The molecule has 5 heteroatoms. The van der Waals surface area contributed by atoms with Crippen molar-refractivity contribution in [1.82, 2.24) is 14.8 Å². The molecule has 0 saturated carbocycles. The molecule has 0 aliphatic carbocycles. The summed E-state index contributed by atoms with van der Waals surface area (Å²) in [4.78, 5) is 4.07. The van der Waals surface area contributed by atoms with Crippen LogP contribution < -0.4 is 5.73 Å². The summed E-state index contributed by atoms with van der Waals surface area (Å²) in [6, 6.07) is 3.52. The Labute approximate surface area is 80.0 Å². The lowest BCUT2D eigenvalue weighted by Crippen LogP contribution is -1.96. The quantitative estimate of drug-likeness (QED) is 0.749. The molecule has 2 aromatic rings. The number of nitrogens with zero attached hydrogens (tertiary/aromatic N) is 3. The molecule has 0 fully saturated rings. The van der Waals surface area contributed by atoms with Gasteiger partial charge in [0.15, 0.2) is 5.82 Å². The Morgan fingerprint density at radius 3 is 2.69 bits per heavy atom. The second kappa shape index (κ2) is 3.06. The number of pyridine rings is 1. The number of halogens is 1. The monoisotopic (exact) mass is 194 g/mol. The molecule has 0 amide bonds. The first-order valence-corrected chi connectivity index (χ1v) is 4.05. The number of anilines is 1. The molecule has 2 rings (SSSR count). The number of rotatable bonds is 1. The van der Waals surface area contributed by atoms with Gasteiger partial charge in [-0.2, -0.15) is 5.10 Å². The number of nitrogen functional groups attached to an aromatic ring is 1. The first-order valence-electron chi connectivity index (χ1n) is 3.68. The minimum Gasteiger partial charge on any atom is -0.396 e. The molecule has 0 atom stereocenters. The maximum absolute atomic E-state index is 5.69. The molecule has 0 aromatic carbocycles. The number of nitrogens with two attached hydrogens (primary N) is 1. The van der Waals surface area contributed by atoms with Crippen LogP contribution in [0.2, 0.25) is 5.02 Å². The van der Waals surface area contributed by atoms with E-state index in [-0.39, 0.29) is 0 Å². The van der Waals surface area contributed by atoms with Crippen molar-refractivity contribution in [2.45, 2.75) is 0 Å². The van der Waals surface area contributed by atoms with Crippen molar-refractivity contribution in [3.63, 3.8) is 0 Å². The van der Waals surface area contributed by atoms with Gasteiger partial charge in [0, 0.05) is 6.20 Å². The van der Waals surface area contributed by atoms with E-state index in [1.165, 1.54) is 0 Å². The predicted molar refractivity (Wildman–Crippen MR) is 50.8 cm³/mol. The van der Waals surface area contributed by atoms with E-state index in [2.05, 4.69) is 10.1 Å². The summed E-state index contributed by atoms with van der Waals surface area (Å²) in [5.74, 6) is 0.695. The second-order valence-electron chi connectivity index (χ2n) is 2.55. The van der Waals surface area contributed by atoms with Crippen LogP contribution in [0.1, 0.15) is 0 Å². The average Bonchev–Trinajstić information content (AvgIpc) is 2.53. The summed E-state index contributed by atoms with van der Waals surface area (Å²) in [7, 11) is 0. The van der Waals surface area contributed by atoms with E-state index in [0.717, 1.165) is 0 Å². The highest BCUT2D eigenvalue weighted by atomic mass is 35.5. The van der Waals surface area contributed by atoms with E-state index in [4.69, 9.17) is 17.3 Å². The summed E-state index contributed by atoms with van der Waals surface area (Å²) < 4.78 is 1.59. The average molecular weight is 195 g/mol. The minimum atomic E-state index is 0.601. The Morgan fingerprint density at radius 2 is 2.15 bits per heavy atom. The lowest BCUT2D eigenvalue weighted by Gasteiger charge is -1.98. The third-order valence-electron chi connectivity index (χ3n) is 1.55. The standard InChI is InChI=1S/C8H7ClN4/c9-6-1-2-8(11-3-6)13-5-7(10)4-12-13/h1-5H,10H2. The van der Waals surface area contributed by atoms with Crippen molar-refractivity contribution in [3.8, 4) is 5.82 Å². The summed E-state index contributed by atoms with van der Waals surface area (Å²) >= 11 is 5.69. The van der Waals surface area contributed by atoms with Crippen molar-refractivity contribution in [2.75, 3.05) is 5.73 Å². The highest BCUT2D eigenvalue weighted by Crippen LogP contribution is 2.10. The van der Waals surface area contributed by atoms with Gasteiger partial charge in [0.2, 0.25) is 0 Å². The first kappa shape index (κ1) is 8.07. The topological polar surface area (TPSA) is 56.7 Å². The minimum absolute atomic E-state index is 0.601. The lowest BCUT2D eigenvalue weighted by atomic mass is 10.4. The molecular weight excluding hydrogens is 188 g/mol. The van der Waals surface area contributed by atoms with Crippen LogP contribution in [0.3, 0.4) is 0 Å². The molecule has 0 radical (unpaired) electrons. The summed E-state index contributed by atoms with van der Waals surface area (Å²) in [5.41, 5.74) is 6.12. The Morgan fingerprint density at radius 1 is 1.31 bits per heavy atom. The molecule has 4 nitrogen and oxygen atoms in total. The van der Waals surface area contributed by atoms with Crippen LogP contribution in [-0.4, -0.2) is 14.8 Å². The molecule has 0 bridgehead atoms. The van der Waals surface area contributed by atoms with Gasteiger partial charge in [-0.1, -0.05) is 11.6 Å². The van der Waals surface area contributed by atoms with Crippen LogP contribution in [0, 0.1) is 0 Å². The molecular formula is C8H7ClN4. The SMILES string of the molecule is Nc1cnn(-c2ccc(Cl)cn2)c1. The van der Waals surface area contributed by atoms with E-state index in [0.29, 0.717) is 16.5 Å². The predicted octanol–water partition coefficient (Wildman–Crippen LogP) is 1.50. The van der Waals surface area contributed by atoms with E-state index < -0.39 is 0 Å². The zero-order chi connectivity index (χ0) is 9.26. The zero-order valence-electron chi connectivity index (χ0n) is 6.68. The third kappa shape index (κ3) is 1.62. The van der Waals surface area contributed by atoms with Gasteiger partial charge in [0.25, 0.3) is 0 Å². The van der Waals surface area contributed by atoms with Crippen molar-refractivity contribution in [2.24, 2.45) is 0 Å². The number of aromatic nitrogens is 3. The fourth-order valence-electron chi connectivity index (χ4n) is 0.966. The van der Waals surface area contributed by atoms with Gasteiger partial charge >= 0.3 is 0 Å². The highest BCUT2D eigenvalue weighted by molar-refractivity contribution is 6.30. The van der Waals surface area contributed by atoms with Gasteiger partial charge in [-0.25, -0.2) is 9.67 Å². The molecule has 0 saturated heterocycles. The van der Waals surface area contributed by atoms with Gasteiger partial charge < -0.3 is 5.73 Å². The summed E-state index contributed by atoms with van der Waals surface area (Å²) in [6.45, 7) is 0. The van der Waals surface area contributed by atoms with E-state index in [9.17, 15) is 0 Å². The van der Waals surface area contributed by atoms with Crippen molar-refractivity contribution >= 4 is 17.3 Å². The molecule has 0 aliphatic rings. The molecule has 2 heterocycles. The molecule has 0 aliphatic heterocycles. The second-order valence-corrected chi connectivity index (χ2v) is 2.99. The summed E-state index contributed by atoms with van der Waals surface area (Å²) in [5, 5.41) is 4.60. The van der Waals surface area contributed by atoms with E-state index in [1.54, 1.807) is 35.4 Å². The number of hydrogen-bond donors (Lipinski definition) is 1. The van der Waals surface area contributed by atoms with Gasteiger partial charge in [-0.05, 0) is 12.1 Å². The Bertz CT molecular complexity index is 406. The molecule has 0 spiro atoms. The Kier molecular flexibility index (Phi) is 1.90. The Balaban J connectivity index is 2.41. The van der Waals surface area contributed by atoms with Crippen LogP contribution >= 0.6 is 11.6 Å². The van der Waals surface area contributed by atoms with Crippen LogP contribution in [0.15, 0.2) is 30.7 Å². The van der Waals surface area contributed by atoms with Crippen molar-refractivity contribution < 1.29 is 0 Å². The van der Waals surface area contributed by atoms with E-state index in [1.807, 2.05) is 0 Å². The van der Waals surface area contributed by atoms with Crippen molar-refractivity contribution in [3.05, 3.63) is 35.7 Å². The molecule has 2 N–H and O–H groups in total. The first-order chi connectivity index (χ1) is 6.25. The maximum atomic E-state index is 5.69. The maximum Gasteiger partial charge on any atom is 0.153 e. The lowest BCUT2D eigenvalue weighted by molar-refractivity contribution is 0.847. The smallest absolute Gasteiger partial charge is 0.153 e. The highest BCUT2D eigenvalue weighted by Gasteiger charge is 1.98. The fraction of sp³-hybridized carbons (Fsp3) is 0. The van der Waals surface area contributed by atoms with Crippen LogP contribution in [-0.2, 0) is 0 Å². The molecule has 66 valence electrons. The summed E-state index contributed by atoms with van der Waals surface area (Å²) in [6.07, 6.45) is 4.82.